The van der Waals surface area contributed by atoms with Crippen LogP contribution < -0.4 is 10.1 Å². The highest BCUT2D eigenvalue weighted by atomic mass is 16.6. The number of nitro groups is 1. The summed E-state index contributed by atoms with van der Waals surface area (Å²) in [5, 5.41) is 13.9. The smallest absolute Gasteiger partial charge is 0.337 e. The molecule has 1 heterocycles. The maximum absolute atomic E-state index is 11.2. The van der Waals surface area contributed by atoms with Crippen LogP contribution in [0.3, 0.4) is 0 Å². The highest BCUT2D eigenvalue weighted by Gasteiger charge is 2.24. The van der Waals surface area contributed by atoms with Crippen molar-refractivity contribution < 1.29 is 9.66 Å². The lowest BCUT2D eigenvalue weighted by molar-refractivity contribution is -0.383. The Morgan fingerprint density at radius 2 is 2.05 bits per heavy atom. The molecule has 0 saturated heterocycles. The Hall–Kier alpha value is -2.70. The minimum atomic E-state index is -0.506. The number of aromatic nitrogens is 2. The zero-order valence-corrected chi connectivity index (χ0v) is 10.5. The zero-order valence-electron chi connectivity index (χ0n) is 10.5. The van der Waals surface area contributed by atoms with Crippen molar-refractivity contribution in [3.8, 4) is 17.0 Å². The van der Waals surface area contributed by atoms with Crippen molar-refractivity contribution in [3.63, 3.8) is 0 Å². The number of nitrogens with zero attached hydrogens (tertiary/aromatic N) is 3. The second kappa shape index (κ2) is 5.30. The molecule has 0 aliphatic carbocycles. The van der Waals surface area contributed by atoms with Crippen molar-refractivity contribution in [2.24, 2.45) is 0 Å². The third kappa shape index (κ3) is 2.30. The molecule has 0 radical (unpaired) electrons. The number of benzene rings is 1. The SMILES string of the molecule is CNc1ncnc(-c2ccccc2OC)c1[N+](=O)[O-]. The van der Waals surface area contributed by atoms with Gasteiger partial charge in [0.25, 0.3) is 0 Å². The van der Waals surface area contributed by atoms with Crippen LogP contribution in [0.25, 0.3) is 11.3 Å². The van der Waals surface area contributed by atoms with Crippen molar-refractivity contribution in [2.45, 2.75) is 0 Å². The Balaban J connectivity index is 2.71. The molecule has 7 nitrogen and oxygen atoms in total. The highest BCUT2D eigenvalue weighted by Crippen LogP contribution is 2.37. The molecule has 7 heteroatoms. The normalized spacial score (nSPS) is 10.0. The van der Waals surface area contributed by atoms with Crippen LogP contribution in [0.2, 0.25) is 0 Å². The fraction of sp³-hybridized carbons (Fsp3) is 0.167. The summed E-state index contributed by atoms with van der Waals surface area (Å²) in [5.74, 6) is 0.687. The van der Waals surface area contributed by atoms with Crippen molar-refractivity contribution in [2.75, 3.05) is 19.5 Å². The third-order valence-electron chi connectivity index (χ3n) is 2.60. The number of hydrogen-bond acceptors (Lipinski definition) is 6. The van der Waals surface area contributed by atoms with Gasteiger partial charge in [-0.2, -0.15) is 0 Å². The number of nitrogens with one attached hydrogen (secondary N) is 1. The van der Waals surface area contributed by atoms with E-state index in [1.54, 1.807) is 31.3 Å². The average Bonchev–Trinajstić information content (AvgIpc) is 2.46. The maximum atomic E-state index is 11.2. The van der Waals surface area contributed by atoms with E-state index in [4.69, 9.17) is 4.74 Å². The summed E-state index contributed by atoms with van der Waals surface area (Å²) >= 11 is 0. The first-order valence-electron chi connectivity index (χ1n) is 5.49. The Labute approximate surface area is 109 Å². The second-order valence-corrected chi connectivity index (χ2v) is 3.63. The van der Waals surface area contributed by atoms with E-state index in [1.807, 2.05) is 0 Å². The molecule has 1 N–H and O–H groups in total. The lowest BCUT2D eigenvalue weighted by Gasteiger charge is -2.09. The Kier molecular flexibility index (Phi) is 3.56. The first-order valence-corrected chi connectivity index (χ1v) is 5.49. The van der Waals surface area contributed by atoms with Gasteiger partial charge in [0.1, 0.15) is 12.1 Å². The monoisotopic (exact) mass is 260 g/mol. The van der Waals surface area contributed by atoms with Gasteiger partial charge in [-0.3, -0.25) is 10.1 Å². The van der Waals surface area contributed by atoms with Gasteiger partial charge >= 0.3 is 5.69 Å². The molecule has 0 aliphatic heterocycles. The Morgan fingerprint density at radius 3 is 2.68 bits per heavy atom. The summed E-state index contributed by atoms with van der Waals surface area (Å²) in [7, 11) is 3.08. The molecular weight excluding hydrogens is 248 g/mol. The predicted molar refractivity (Wildman–Crippen MR) is 70.2 cm³/mol. The van der Waals surface area contributed by atoms with Crippen LogP contribution in [-0.4, -0.2) is 29.0 Å². The van der Waals surface area contributed by atoms with Crippen LogP contribution in [0.1, 0.15) is 0 Å². The first-order chi connectivity index (χ1) is 9.19. The van der Waals surface area contributed by atoms with Gasteiger partial charge in [0.15, 0.2) is 5.69 Å². The maximum Gasteiger partial charge on any atom is 0.337 e. The van der Waals surface area contributed by atoms with E-state index in [0.717, 1.165) is 0 Å². The van der Waals surface area contributed by atoms with Crippen LogP contribution in [0, 0.1) is 10.1 Å². The van der Waals surface area contributed by atoms with Crippen molar-refractivity contribution in [3.05, 3.63) is 40.7 Å². The predicted octanol–water partition coefficient (Wildman–Crippen LogP) is 2.10. The van der Waals surface area contributed by atoms with Crippen LogP contribution >= 0.6 is 0 Å². The molecule has 0 aliphatic rings. The minimum absolute atomic E-state index is 0.168. The topological polar surface area (TPSA) is 90.2 Å². The lowest BCUT2D eigenvalue weighted by atomic mass is 10.1. The van der Waals surface area contributed by atoms with Crippen molar-refractivity contribution >= 4 is 11.5 Å². The summed E-state index contributed by atoms with van der Waals surface area (Å²) < 4.78 is 5.20. The quantitative estimate of drug-likeness (QED) is 0.668. The fourth-order valence-electron chi connectivity index (χ4n) is 1.77. The van der Waals surface area contributed by atoms with E-state index in [2.05, 4.69) is 15.3 Å². The van der Waals surface area contributed by atoms with Gasteiger partial charge in [0.05, 0.1) is 12.0 Å². The summed E-state index contributed by atoms with van der Waals surface area (Å²) in [6, 6.07) is 6.99. The van der Waals surface area contributed by atoms with E-state index in [0.29, 0.717) is 11.3 Å². The number of para-hydroxylation sites is 1. The molecule has 1 aromatic carbocycles. The standard InChI is InChI=1S/C12H12N4O3/c1-13-12-11(16(17)18)10(14-7-15-12)8-5-3-4-6-9(8)19-2/h3-7H,1-2H3,(H,13,14,15). The zero-order chi connectivity index (χ0) is 13.8. The molecule has 2 rings (SSSR count). The van der Waals surface area contributed by atoms with Crippen molar-refractivity contribution in [1.29, 1.82) is 0 Å². The fourth-order valence-corrected chi connectivity index (χ4v) is 1.77. The van der Waals surface area contributed by atoms with Gasteiger partial charge in [0, 0.05) is 12.6 Å². The molecule has 2 aromatic rings. The molecule has 0 unspecified atom stereocenters. The van der Waals surface area contributed by atoms with Crippen LogP contribution in [0.4, 0.5) is 11.5 Å². The number of rotatable bonds is 4. The Bertz CT molecular complexity index is 616. The van der Waals surface area contributed by atoms with E-state index in [9.17, 15) is 10.1 Å². The van der Waals surface area contributed by atoms with E-state index >= 15 is 0 Å². The minimum Gasteiger partial charge on any atom is -0.496 e. The second-order valence-electron chi connectivity index (χ2n) is 3.63. The third-order valence-corrected chi connectivity index (χ3v) is 2.60. The molecule has 19 heavy (non-hydrogen) atoms. The number of hydrogen-bond donors (Lipinski definition) is 1. The average molecular weight is 260 g/mol. The van der Waals surface area contributed by atoms with E-state index in [-0.39, 0.29) is 17.2 Å². The molecule has 1 aromatic heterocycles. The Morgan fingerprint density at radius 1 is 1.32 bits per heavy atom. The summed E-state index contributed by atoms with van der Waals surface area (Å²) in [4.78, 5) is 18.6. The molecule has 0 saturated carbocycles. The lowest BCUT2D eigenvalue weighted by Crippen LogP contribution is -2.03. The summed E-state index contributed by atoms with van der Waals surface area (Å²) in [6.45, 7) is 0. The van der Waals surface area contributed by atoms with Crippen molar-refractivity contribution in [1.82, 2.24) is 9.97 Å². The molecule has 98 valence electrons. The van der Waals surface area contributed by atoms with Gasteiger partial charge in [-0.1, -0.05) is 12.1 Å². The van der Waals surface area contributed by atoms with Gasteiger partial charge in [-0.25, -0.2) is 9.97 Å². The summed E-state index contributed by atoms with van der Waals surface area (Å²) in [5.41, 5.74) is 0.604. The largest absolute Gasteiger partial charge is 0.496 e. The highest BCUT2D eigenvalue weighted by molar-refractivity contribution is 5.80. The van der Waals surface area contributed by atoms with Gasteiger partial charge in [-0.05, 0) is 12.1 Å². The van der Waals surface area contributed by atoms with Gasteiger partial charge in [0.2, 0.25) is 5.82 Å². The summed E-state index contributed by atoms with van der Waals surface area (Å²) in [6.07, 6.45) is 1.28. The number of ether oxygens (including phenoxy) is 1. The number of anilines is 1. The van der Waals surface area contributed by atoms with E-state index < -0.39 is 4.92 Å². The van der Waals surface area contributed by atoms with Gasteiger partial charge in [-0.15, -0.1) is 0 Å². The molecule has 0 spiro atoms. The first kappa shape index (κ1) is 12.7. The molecule has 0 fully saturated rings. The molecule has 0 bridgehead atoms. The van der Waals surface area contributed by atoms with Crippen LogP contribution in [0.15, 0.2) is 30.6 Å². The van der Waals surface area contributed by atoms with Crippen LogP contribution in [-0.2, 0) is 0 Å². The molecule has 0 amide bonds. The van der Waals surface area contributed by atoms with Gasteiger partial charge < -0.3 is 10.1 Å². The van der Waals surface area contributed by atoms with Crippen LogP contribution in [0.5, 0.6) is 5.75 Å². The molecule has 0 atom stereocenters. The van der Waals surface area contributed by atoms with E-state index in [1.165, 1.54) is 13.4 Å². The number of methoxy groups -OCH3 is 1. The molecular formula is C12H12N4O3.